The molecule has 0 aromatic heterocycles. The van der Waals surface area contributed by atoms with E-state index in [1.165, 1.54) is 12.0 Å². The summed E-state index contributed by atoms with van der Waals surface area (Å²) in [5.74, 6) is 0. The Hall–Kier alpha value is 0.644. The number of hydrogen-bond acceptors (Lipinski definition) is 0. The number of halogens is 2. The summed E-state index contributed by atoms with van der Waals surface area (Å²) in [4.78, 5) is 0. The normalized spacial score (nSPS) is 12.3. The molecule has 0 N–H and O–H groups in total. The van der Waals surface area contributed by atoms with Crippen LogP contribution in [0.3, 0.4) is 0 Å². The molecular formula is C6H8Cl2V. The van der Waals surface area contributed by atoms with Crippen molar-refractivity contribution in [3.63, 3.8) is 0 Å². The van der Waals surface area contributed by atoms with Gasteiger partial charge in [-0.2, -0.15) is 0 Å². The van der Waals surface area contributed by atoms with Crippen LogP contribution in [0.4, 0.5) is 0 Å². The van der Waals surface area contributed by atoms with Crippen molar-refractivity contribution in [1.82, 2.24) is 0 Å². The van der Waals surface area contributed by atoms with Crippen LogP contribution in [0.15, 0.2) is 23.8 Å². The van der Waals surface area contributed by atoms with Crippen molar-refractivity contribution in [3.8, 4) is 0 Å². The van der Waals surface area contributed by atoms with E-state index in [2.05, 4.69) is 25.2 Å². The van der Waals surface area contributed by atoms with Crippen LogP contribution in [0.5, 0.6) is 0 Å². The number of allylic oxidation sites excluding steroid dienone is 4. The summed E-state index contributed by atoms with van der Waals surface area (Å²) in [6, 6.07) is 0. The molecule has 0 unspecified atom stereocenters. The van der Waals surface area contributed by atoms with E-state index in [9.17, 15) is 0 Å². The van der Waals surface area contributed by atoms with E-state index in [1.54, 1.807) is 0 Å². The molecule has 51 valence electrons. The zero-order valence-electron chi connectivity index (χ0n) is 5.14. The Labute approximate surface area is 80.5 Å². The second-order valence-corrected chi connectivity index (χ2v) is 1.65. The molecule has 0 saturated carbocycles. The average Bonchev–Trinajstić information content (AvgIpc) is 1.86. The van der Waals surface area contributed by atoms with Crippen molar-refractivity contribution in [2.45, 2.75) is 13.3 Å². The Bertz CT molecular complexity index is 108. The van der Waals surface area contributed by atoms with Crippen molar-refractivity contribution in [3.05, 3.63) is 23.8 Å². The van der Waals surface area contributed by atoms with Crippen LogP contribution in [0, 0.1) is 0 Å². The van der Waals surface area contributed by atoms with Gasteiger partial charge in [0.2, 0.25) is 0 Å². The summed E-state index contributed by atoms with van der Waals surface area (Å²) in [6.07, 6.45) is 7.56. The van der Waals surface area contributed by atoms with Gasteiger partial charge < -0.3 is 24.8 Å². The summed E-state index contributed by atoms with van der Waals surface area (Å²) < 4.78 is 0. The maximum atomic E-state index is 2.16. The predicted molar refractivity (Wildman–Crippen MR) is 27.5 cm³/mol. The molecule has 9 heavy (non-hydrogen) atoms. The van der Waals surface area contributed by atoms with Gasteiger partial charge in [0.25, 0.3) is 0 Å². The third-order valence-electron chi connectivity index (χ3n) is 0.957. The molecule has 0 atom stereocenters. The second kappa shape index (κ2) is 8.64. The molecule has 1 radical (unpaired) electrons. The van der Waals surface area contributed by atoms with Crippen LogP contribution in [0.1, 0.15) is 13.3 Å². The Morgan fingerprint density at radius 1 is 1.33 bits per heavy atom. The molecule has 0 amide bonds. The van der Waals surface area contributed by atoms with Gasteiger partial charge in [-0.15, -0.1) is 0 Å². The minimum absolute atomic E-state index is 0. The van der Waals surface area contributed by atoms with Crippen molar-refractivity contribution >= 4 is 0 Å². The molecule has 0 nitrogen and oxygen atoms in total. The maximum Gasteiger partial charge on any atom is 2.00 e. The molecule has 0 saturated heterocycles. The molecule has 0 fully saturated rings. The van der Waals surface area contributed by atoms with Crippen LogP contribution in [-0.4, -0.2) is 0 Å². The molecule has 0 bridgehead atoms. The standard InChI is InChI=1S/C6H8.2ClH.V/c1-6-4-2-3-5-6;;;/h2-4H,5H2,1H3;2*1H;/q;;;+2/p-2. The summed E-state index contributed by atoms with van der Waals surface area (Å²) >= 11 is 0. The van der Waals surface area contributed by atoms with Gasteiger partial charge in [-0.3, -0.25) is 0 Å². The third kappa shape index (κ3) is 6.53. The molecule has 0 aliphatic heterocycles. The first-order valence-electron chi connectivity index (χ1n) is 2.22. The average molecular weight is 202 g/mol. The molecule has 0 aromatic carbocycles. The Morgan fingerprint density at radius 2 is 1.89 bits per heavy atom. The van der Waals surface area contributed by atoms with Gasteiger partial charge in [-0.05, 0) is 13.3 Å². The van der Waals surface area contributed by atoms with Crippen LogP contribution in [-0.2, 0) is 18.6 Å². The molecular weight excluding hydrogens is 194 g/mol. The van der Waals surface area contributed by atoms with Gasteiger partial charge in [0.1, 0.15) is 0 Å². The second-order valence-electron chi connectivity index (χ2n) is 1.65. The smallest absolute Gasteiger partial charge is 1.00 e. The minimum Gasteiger partial charge on any atom is -1.00 e. The first kappa shape index (κ1) is 16.3. The van der Waals surface area contributed by atoms with Crippen molar-refractivity contribution in [1.29, 1.82) is 0 Å². The summed E-state index contributed by atoms with van der Waals surface area (Å²) in [5, 5.41) is 0. The first-order chi connectivity index (χ1) is 2.89. The predicted octanol–water partition coefficient (Wildman–Crippen LogP) is -4.10. The summed E-state index contributed by atoms with van der Waals surface area (Å²) in [6.45, 7) is 2.14. The zero-order chi connectivity index (χ0) is 4.41. The number of hydrogen-bond donors (Lipinski definition) is 0. The molecule has 0 aromatic rings. The fraction of sp³-hybridized carbons (Fsp3) is 0.333. The van der Waals surface area contributed by atoms with E-state index in [0.29, 0.717) is 0 Å². The van der Waals surface area contributed by atoms with Crippen molar-refractivity contribution in [2.75, 3.05) is 0 Å². The third-order valence-corrected chi connectivity index (χ3v) is 0.957. The van der Waals surface area contributed by atoms with Gasteiger partial charge >= 0.3 is 18.6 Å². The van der Waals surface area contributed by atoms with Crippen molar-refractivity contribution in [2.24, 2.45) is 0 Å². The largest absolute Gasteiger partial charge is 2.00 e. The van der Waals surface area contributed by atoms with E-state index < -0.39 is 0 Å². The van der Waals surface area contributed by atoms with E-state index in [4.69, 9.17) is 0 Å². The summed E-state index contributed by atoms with van der Waals surface area (Å²) in [5.41, 5.74) is 1.47. The van der Waals surface area contributed by atoms with Crippen LogP contribution < -0.4 is 24.8 Å². The fourth-order valence-electron chi connectivity index (χ4n) is 0.554. The van der Waals surface area contributed by atoms with E-state index in [0.717, 1.165) is 0 Å². The van der Waals surface area contributed by atoms with Gasteiger partial charge in [0, 0.05) is 0 Å². The molecule has 1 aliphatic carbocycles. The molecule has 0 spiro atoms. The quantitative estimate of drug-likeness (QED) is 0.374. The van der Waals surface area contributed by atoms with E-state index >= 15 is 0 Å². The van der Waals surface area contributed by atoms with Crippen molar-refractivity contribution < 1.29 is 43.4 Å². The van der Waals surface area contributed by atoms with Crippen LogP contribution in [0.2, 0.25) is 0 Å². The molecule has 3 heteroatoms. The van der Waals surface area contributed by atoms with Gasteiger partial charge in [-0.1, -0.05) is 23.8 Å². The molecule has 0 heterocycles. The zero-order valence-corrected chi connectivity index (χ0v) is 8.05. The van der Waals surface area contributed by atoms with Gasteiger partial charge in [0.05, 0.1) is 0 Å². The minimum atomic E-state index is 0. The van der Waals surface area contributed by atoms with Gasteiger partial charge in [0.15, 0.2) is 0 Å². The SMILES string of the molecule is CC1=CC=CC1.[Cl-].[Cl-].[V+2]. The molecule has 1 aliphatic rings. The summed E-state index contributed by atoms with van der Waals surface area (Å²) in [7, 11) is 0. The van der Waals surface area contributed by atoms with Crippen LogP contribution >= 0.6 is 0 Å². The monoisotopic (exact) mass is 201 g/mol. The fourth-order valence-corrected chi connectivity index (χ4v) is 0.554. The Morgan fingerprint density at radius 3 is 2.00 bits per heavy atom. The number of rotatable bonds is 0. The van der Waals surface area contributed by atoms with Gasteiger partial charge in [-0.25, -0.2) is 0 Å². The van der Waals surface area contributed by atoms with Crippen LogP contribution in [0.25, 0.3) is 0 Å². The first-order valence-corrected chi connectivity index (χ1v) is 2.22. The van der Waals surface area contributed by atoms with E-state index in [-0.39, 0.29) is 43.4 Å². The van der Waals surface area contributed by atoms with E-state index in [1.807, 2.05) is 0 Å². The topological polar surface area (TPSA) is 0 Å². The maximum absolute atomic E-state index is 2.16. The molecule has 1 rings (SSSR count). The Kier molecular flexibility index (Phi) is 15.7. The Balaban J connectivity index is -0.000000120.